The van der Waals surface area contributed by atoms with Gasteiger partial charge in [0.2, 0.25) is 5.91 Å². The fourth-order valence-corrected chi connectivity index (χ4v) is 7.21. The first kappa shape index (κ1) is 53.3. The highest BCUT2D eigenvalue weighted by Crippen LogP contribution is 2.26. The maximum Gasteiger partial charge on any atom is 0.397 e. The van der Waals surface area contributed by atoms with Crippen molar-refractivity contribution < 1.29 is 57.0 Å². The molecule has 57 heavy (non-hydrogen) atoms. The Morgan fingerprint density at radius 1 is 0.702 bits per heavy atom. The summed E-state index contributed by atoms with van der Waals surface area (Å²) >= 11 is 0. The molecule has 8 unspecified atom stereocenters. The molecule has 1 aliphatic heterocycles. The molecule has 0 aromatic heterocycles. The number of aliphatic hydroxyl groups is 5. The molecular formula is C43H79NO12S. The lowest BCUT2D eigenvalue weighted by molar-refractivity contribution is -0.298. The van der Waals surface area contributed by atoms with Gasteiger partial charge in [-0.2, -0.15) is 8.42 Å². The van der Waals surface area contributed by atoms with E-state index in [1.54, 1.807) is 6.08 Å². The van der Waals surface area contributed by atoms with E-state index in [1.807, 2.05) is 0 Å². The number of nitrogens with one attached hydrogen (secondary N) is 1. The van der Waals surface area contributed by atoms with Crippen LogP contribution in [0.25, 0.3) is 0 Å². The van der Waals surface area contributed by atoms with Gasteiger partial charge in [-0.15, -0.1) is 0 Å². The van der Waals surface area contributed by atoms with Gasteiger partial charge in [-0.1, -0.05) is 147 Å². The number of allylic oxidation sites excluding steroid dienone is 5. The zero-order valence-electron chi connectivity index (χ0n) is 35.0. The number of rotatable bonds is 36. The van der Waals surface area contributed by atoms with Gasteiger partial charge < -0.3 is 40.3 Å². The third-order valence-corrected chi connectivity index (χ3v) is 10.7. The molecule has 0 spiro atoms. The van der Waals surface area contributed by atoms with E-state index >= 15 is 0 Å². The molecule has 0 saturated carbocycles. The third kappa shape index (κ3) is 26.9. The van der Waals surface area contributed by atoms with Crippen LogP contribution in [0.3, 0.4) is 0 Å². The van der Waals surface area contributed by atoms with Crippen LogP contribution in [0.5, 0.6) is 0 Å². The van der Waals surface area contributed by atoms with Gasteiger partial charge in [-0.05, 0) is 57.8 Å². The van der Waals surface area contributed by atoms with Gasteiger partial charge in [0.05, 0.1) is 25.4 Å². The van der Waals surface area contributed by atoms with Crippen LogP contribution < -0.4 is 5.32 Å². The fraction of sp³-hybridized carbons (Fsp3) is 0.837. The van der Waals surface area contributed by atoms with Crippen molar-refractivity contribution in [3.63, 3.8) is 0 Å². The molecule has 1 aliphatic rings. The van der Waals surface area contributed by atoms with E-state index in [0.717, 1.165) is 64.2 Å². The number of hydrogen-bond donors (Lipinski definition) is 7. The predicted octanol–water partition coefficient (Wildman–Crippen LogP) is 6.91. The zero-order chi connectivity index (χ0) is 42.2. The molecule has 14 heteroatoms. The molecule has 1 rings (SSSR count). The van der Waals surface area contributed by atoms with E-state index in [1.165, 1.54) is 76.7 Å². The number of carbonyl (C=O) groups is 1. The SMILES string of the molecule is CCCCCCCC/C=C\CCCCCCCCC(O)C(=O)NC(COC1OC(CO)C(O)C(OS(=O)(=O)O)C1O)C(O)/C=C/CC/C=C/CCCCCCCC. The van der Waals surface area contributed by atoms with Crippen molar-refractivity contribution in [1.82, 2.24) is 5.32 Å². The summed E-state index contributed by atoms with van der Waals surface area (Å²) in [7, 11) is -5.12. The molecule has 0 radical (unpaired) electrons. The Labute approximate surface area is 344 Å². The van der Waals surface area contributed by atoms with Crippen molar-refractivity contribution in [2.24, 2.45) is 0 Å². The van der Waals surface area contributed by atoms with Crippen molar-refractivity contribution in [2.75, 3.05) is 13.2 Å². The molecule has 0 aromatic rings. The number of carbonyl (C=O) groups excluding carboxylic acids is 1. The summed E-state index contributed by atoms with van der Waals surface area (Å²) in [5.41, 5.74) is 0. The molecule has 1 fully saturated rings. The highest BCUT2D eigenvalue weighted by Gasteiger charge is 2.48. The Bertz CT molecular complexity index is 1180. The van der Waals surface area contributed by atoms with Crippen LogP contribution in [0.4, 0.5) is 0 Å². The van der Waals surface area contributed by atoms with Crippen LogP contribution in [0, 0.1) is 0 Å². The van der Waals surface area contributed by atoms with Crippen LogP contribution >= 0.6 is 0 Å². The standard InChI is InChI=1S/C43H79NO12S/c1-3-5-7-9-11-13-15-17-18-19-20-22-24-26-28-30-32-37(47)42(50)44-35(36(46)31-29-27-25-23-21-16-14-12-10-8-6-4-2)34-54-43-40(49)41(56-57(51,52)53)39(48)38(33-45)55-43/h17-18,21,23,29,31,35-41,43,45-49H,3-16,19-20,22,24-28,30,32-34H2,1-2H3,(H,44,50)(H,51,52,53)/b18-17-,23-21+,31-29+. The third-order valence-electron chi connectivity index (χ3n) is 10.3. The molecule has 334 valence electrons. The lowest BCUT2D eigenvalue weighted by Crippen LogP contribution is -2.61. The lowest BCUT2D eigenvalue weighted by Gasteiger charge is -2.41. The molecule has 0 aromatic carbocycles. The number of unbranched alkanes of at least 4 members (excludes halogenated alkanes) is 19. The highest BCUT2D eigenvalue weighted by atomic mass is 32.3. The molecule has 8 atom stereocenters. The van der Waals surface area contributed by atoms with Crippen molar-refractivity contribution in [1.29, 1.82) is 0 Å². The smallest absolute Gasteiger partial charge is 0.394 e. The maximum absolute atomic E-state index is 13.1. The fourth-order valence-electron chi connectivity index (χ4n) is 6.70. The van der Waals surface area contributed by atoms with E-state index in [9.17, 15) is 38.7 Å². The van der Waals surface area contributed by atoms with Crippen molar-refractivity contribution in [3.8, 4) is 0 Å². The number of ether oxygens (including phenoxy) is 2. The topological polar surface area (TPSA) is 212 Å². The van der Waals surface area contributed by atoms with Crippen LogP contribution in [-0.2, 0) is 28.9 Å². The van der Waals surface area contributed by atoms with Gasteiger partial charge in [0.25, 0.3) is 0 Å². The monoisotopic (exact) mass is 834 g/mol. The van der Waals surface area contributed by atoms with E-state index in [-0.39, 0.29) is 6.42 Å². The second-order valence-electron chi connectivity index (χ2n) is 15.4. The van der Waals surface area contributed by atoms with E-state index in [2.05, 4.69) is 47.7 Å². The summed E-state index contributed by atoms with van der Waals surface area (Å²) in [4.78, 5) is 13.1. The van der Waals surface area contributed by atoms with Crippen molar-refractivity contribution >= 4 is 16.3 Å². The van der Waals surface area contributed by atoms with Gasteiger partial charge in [0, 0.05) is 0 Å². The van der Waals surface area contributed by atoms with Gasteiger partial charge in [0.1, 0.15) is 30.5 Å². The Kier molecular flexibility index (Phi) is 31.8. The summed E-state index contributed by atoms with van der Waals surface area (Å²) in [5, 5.41) is 55.0. The summed E-state index contributed by atoms with van der Waals surface area (Å²) in [6.07, 6.45) is 26.6. The Balaban J connectivity index is 2.64. The minimum absolute atomic E-state index is 0.229. The second-order valence-corrected chi connectivity index (χ2v) is 16.5. The van der Waals surface area contributed by atoms with Gasteiger partial charge in [-0.25, -0.2) is 4.18 Å². The van der Waals surface area contributed by atoms with Crippen LogP contribution in [0.2, 0.25) is 0 Å². The average molecular weight is 834 g/mol. The van der Waals surface area contributed by atoms with Gasteiger partial charge in [0.15, 0.2) is 6.29 Å². The van der Waals surface area contributed by atoms with E-state index in [4.69, 9.17) is 14.0 Å². The van der Waals surface area contributed by atoms with Crippen molar-refractivity contribution in [2.45, 2.75) is 217 Å². The number of hydrogen-bond acceptors (Lipinski definition) is 11. The lowest BCUT2D eigenvalue weighted by atomic mass is 9.99. The molecule has 1 heterocycles. The largest absolute Gasteiger partial charge is 0.397 e. The first-order valence-electron chi connectivity index (χ1n) is 22.0. The van der Waals surface area contributed by atoms with Gasteiger partial charge >= 0.3 is 10.4 Å². The molecule has 1 saturated heterocycles. The molecule has 0 aliphatic carbocycles. The molecule has 13 nitrogen and oxygen atoms in total. The molecular weight excluding hydrogens is 755 g/mol. The van der Waals surface area contributed by atoms with Crippen LogP contribution in [-0.4, -0.2) is 107 Å². The molecule has 1 amide bonds. The highest BCUT2D eigenvalue weighted by molar-refractivity contribution is 7.80. The Hall–Kier alpha value is -1.72. The van der Waals surface area contributed by atoms with E-state index in [0.29, 0.717) is 12.8 Å². The Morgan fingerprint density at radius 2 is 1.18 bits per heavy atom. The molecule has 7 N–H and O–H groups in total. The quantitative estimate of drug-likeness (QED) is 0.0195. The first-order chi connectivity index (χ1) is 27.4. The number of amides is 1. The second kappa shape index (κ2) is 34.0. The minimum Gasteiger partial charge on any atom is -0.394 e. The van der Waals surface area contributed by atoms with Crippen molar-refractivity contribution in [3.05, 3.63) is 36.5 Å². The Morgan fingerprint density at radius 3 is 1.68 bits per heavy atom. The molecule has 0 bridgehead atoms. The van der Waals surface area contributed by atoms with Crippen LogP contribution in [0.15, 0.2) is 36.5 Å². The number of aliphatic hydroxyl groups excluding tert-OH is 5. The first-order valence-corrected chi connectivity index (χ1v) is 23.3. The summed E-state index contributed by atoms with van der Waals surface area (Å²) in [6, 6.07) is -1.14. The maximum atomic E-state index is 13.1. The predicted molar refractivity (Wildman–Crippen MR) is 224 cm³/mol. The summed E-state index contributed by atoms with van der Waals surface area (Å²) in [6.45, 7) is 3.15. The minimum atomic E-state index is -5.12. The van der Waals surface area contributed by atoms with E-state index < -0.39 is 78.5 Å². The van der Waals surface area contributed by atoms with Crippen LogP contribution in [0.1, 0.15) is 168 Å². The summed E-state index contributed by atoms with van der Waals surface area (Å²) in [5.74, 6) is -0.720. The normalized spacial score (nSPS) is 22.1. The zero-order valence-corrected chi connectivity index (χ0v) is 35.8. The van der Waals surface area contributed by atoms with Gasteiger partial charge in [-0.3, -0.25) is 9.35 Å². The average Bonchev–Trinajstić information content (AvgIpc) is 3.18. The summed E-state index contributed by atoms with van der Waals surface area (Å²) < 4.78 is 47.4.